The molecule has 1 aromatic heterocycles. The summed E-state index contributed by atoms with van der Waals surface area (Å²) in [5, 5.41) is 26.2. The Morgan fingerprint density at radius 2 is 2.13 bits per heavy atom. The first-order chi connectivity index (χ1) is 14.3. The number of nitrogens with one attached hydrogen (secondary N) is 3. The lowest BCUT2D eigenvalue weighted by molar-refractivity contribution is -0.385. The average molecular weight is 448 g/mol. The zero-order valence-corrected chi connectivity index (χ0v) is 16.6. The number of nitrogens with zero attached hydrogens (tertiary/aromatic N) is 3. The van der Waals surface area contributed by atoms with Gasteiger partial charge in [0, 0.05) is 17.2 Å². The van der Waals surface area contributed by atoms with Crippen molar-refractivity contribution in [3.05, 3.63) is 79.2 Å². The summed E-state index contributed by atoms with van der Waals surface area (Å²) in [6.07, 6.45) is -1.55. The summed E-state index contributed by atoms with van der Waals surface area (Å²) in [5.74, 6) is 5.20. The summed E-state index contributed by atoms with van der Waals surface area (Å²) in [5.41, 5.74) is 4.04. The lowest BCUT2D eigenvalue weighted by Crippen LogP contribution is -2.38. The third kappa shape index (κ3) is 4.58. The van der Waals surface area contributed by atoms with Crippen molar-refractivity contribution in [2.75, 3.05) is 0 Å². The van der Waals surface area contributed by atoms with E-state index in [4.69, 9.17) is 29.7 Å². The Labute approximate surface area is 178 Å². The first kappa shape index (κ1) is 21.3. The number of benzene rings is 2. The third-order valence-corrected chi connectivity index (χ3v) is 4.41. The van der Waals surface area contributed by atoms with Crippen molar-refractivity contribution in [2.24, 2.45) is 10.9 Å². The van der Waals surface area contributed by atoms with Gasteiger partial charge in [0.15, 0.2) is 5.69 Å². The van der Waals surface area contributed by atoms with E-state index in [0.29, 0.717) is 16.1 Å². The van der Waals surface area contributed by atoms with Crippen LogP contribution in [0.1, 0.15) is 17.4 Å². The highest BCUT2D eigenvalue weighted by Crippen LogP contribution is 2.23. The lowest BCUT2D eigenvalue weighted by Gasteiger charge is -2.14. The molecule has 0 amide bonds. The Morgan fingerprint density at radius 3 is 2.83 bits per heavy atom. The van der Waals surface area contributed by atoms with Crippen LogP contribution in [0, 0.1) is 10.1 Å². The first-order valence-corrected chi connectivity index (χ1v) is 9.05. The Balaban J connectivity index is 2.15. The number of aromatic nitrogens is 2. The van der Waals surface area contributed by atoms with E-state index in [9.17, 15) is 20.0 Å². The molecule has 6 N–H and O–H groups in total. The van der Waals surface area contributed by atoms with Gasteiger partial charge in [-0.1, -0.05) is 23.7 Å². The number of non-ortho nitro benzene ring substituents is 1. The van der Waals surface area contributed by atoms with Crippen LogP contribution in [-0.2, 0) is 0 Å². The molecule has 0 fully saturated rings. The van der Waals surface area contributed by atoms with Gasteiger partial charge in [0.25, 0.3) is 11.2 Å². The molecule has 0 aliphatic heterocycles. The van der Waals surface area contributed by atoms with E-state index in [1.54, 1.807) is 12.1 Å². The fraction of sp³-hybridized carbons (Fsp3) is 0.0588. The number of hydrogen-bond donors (Lipinski definition) is 5. The van der Waals surface area contributed by atoms with Gasteiger partial charge in [-0.2, -0.15) is 5.10 Å². The van der Waals surface area contributed by atoms with Gasteiger partial charge in [-0.25, -0.2) is 10.8 Å². The van der Waals surface area contributed by atoms with Crippen molar-refractivity contribution < 1.29 is 10.0 Å². The third-order valence-electron chi connectivity index (χ3n) is 3.96. The minimum atomic E-state index is -1.55. The van der Waals surface area contributed by atoms with Gasteiger partial charge in [-0.05, 0) is 36.0 Å². The Hall–Kier alpha value is -3.45. The number of nitro benzene ring substituents is 1. The number of fused-ring (bicyclic) bond motifs is 1. The predicted octanol–water partition coefficient (Wildman–Crippen LogP) is 1.26. The molecule has 0 aliphatic rings. The highest BCUT2D eigenvalue weighted by atomic mass is 35.5. The zero-order valence-electron chi connectivity index (χ0n) is 15.0. The van der Waals surface area contributed by atoms with Crippen LogP contribution in [0.15, 0.2) is 52.4 Å². The number of hydrazone groups is 1. The van der Waals surface area contributed by atoms with Gasteiger partial charge >= 0.3 is 0 Å². The maximum Gasteiger partial charge on any atom is 0.276 e. The Bertz CT molecular complexity index is 1230. The minimum Gasteiger partial charge on any atom is -0.382 e. The summed E-state index contributed by atoms with van der Waals surface area (Å²) in [6.45, 7) is 0. The van der Waals surface area contributed by atoms with Crippen molar-refractivity contribution in [1.29, 1.82) is 0 Å². The van der Waals surface area contributed by atoms with Crippen LogP contribution in [-0.4, -0.2) is 30.8 Å². The molecule has 3 rings (SSSR count). The predicted molar refractivity (Wildman–Crippen MR) is 115 cm³/mol. The van der Waals surface area contributed by atoms with Crippen LogP contribution in [0.4, 0.5) is 5.69 Å². The van der Waals surface area contributed by atoms with E-state index >= 15 is 0 Å². The molecular weight excluding hydrogens is 434 g/mol. The zero-order chi connectivity index (χ0) is 21.8. The largest absolute Gasteiger partial charge is 0.382 e. The number of hydrogen-bond acceptors (Lipinski definition) is 8. The summed E-state index contributed by atoms with van der Waals surface area (Å²) in [6, 6.07) is 9.95. The van der Waals surface area contributed by atoms with Crippen molar-refractivity contribution in [3.63, 3.8) is 0 Å². The number of nitro groups is 1. The topological polar surface area (TPSA) is 172 Å². The number of nitrogens with two attached hydrogens (primary N) is 1. The fourth-order valence-corrected chi connectivity index (χ4v) is 2.80. The molecule has 2 aromatic carbocycles. The Morgan fingerprint density at radius 1 is 1.37 bits per heavy atom. The highest BCUT2D eigenvalue weighted by Gasteiger charge is 2.24. The van der Waals surface area contributed by atoms with Crippen molar-refractivity contribution in [3.8, 4) is 0 Å². The smallest absolute Gasteiger partial charge is 0.276 e. The molecule has 1 heterocycles. The molecule has 1 unspecified atom stereocenters. The number of halogens is 1. The number of aliphatic hydroxyl groups excluding tert-OH is 1. The molecule has 1 atom stereocenters. The molecule has 30 heavy (non-hydrogen) atoms. The van der Waals surface area contributed by atoms with Crippen molar-refractivity contribution in [2.45, 2.75) is 6.10 Å². The molecule has 13 heteroatoms. The van der Waals surface area contributed by atoms with E-state index < -0.39 is 16.6 Å². The average Bonchev–Trinajstić information content (AvgIpc) is 2.73. The van der Waals surface area contributed by atoms with Crippen molar-refractivity contribution in [1.82, 2.24) is 20.8 Å². The van der Waals surface area contributed by atoms with Gasteiger partial charge in [0.1, 0.15) is 11.8 Å². The molecule has 0 radical (unpaired) electrons. The van der Waals surface area contributed by atoms with Gasteiger partial charge in [0.05, 0.1) is 16.0 Å². The number of aliphatic hydroxyl groups is 1. The standard InChI is InChI=1S/C17H14ClN7O4S/c18-9-4-5-11-12(7-9)21-16(27)14(20-11)13(23-24-17(30)22-19)15(26)8-2-1-3-10(6-8)25(28)29/h1-7,15,26H,19H2,(H,21,27)(H2,22,24,30). The molecule has 0 aliphatic carbocycles. The van der Waals surface area contributed by atoms with Crippen LogP contribution in [0.3, 0.4) is 0 Å². The second-order valence-electron chi connectivity index (χ2n) is 5.91. The highest BCUT2D eigenvalue weighted by molar-refractivity contribution is 7.80. The molecule has 0 spiro atoms. The number of hydrazine groups is 1. The Kier molecular flexibility index (Phi) is 6.32. The molecule has 11 nitrogen and oxygen atoms in total. The van der Waals surface area contributed by atoms with Crippen LogP contribution in [0.25, 0.3) is 11.0 Å². The fourth-order valence-electron chi connectivity index (χ4n) is 2.59. The van der Waals surface area contributed by atoms with Crippen LogP contribution in [0.2, 0.25) is 5.02 Å². The molecule has 0 saturated carbocycles. The summed E-state index contributed by atoms with van der Waals surface area (Å²) < 4.78 is 0. The first-order valence-electron chi connectivity index (χ1n) is 8.26. The van der Waals surface area contributed by atoms with Gasteiger partial charge in [-0.15, -0.1) is 0 Å². The van der Waals surface area contributed by atoms with E-state index in [0.717, 1.165) is 6.07 Å². The summed E-state index contributed by atoms with van der Waals surface area (Å²) in [7, 11) is 0. The van der Waals surface area contributed by atoms with E-state index in [-0.39, 0.29) is 27.8 Å². The minimum absolute atomic E-state index is 0.0947. The van der Waals surface area contributed by atoms with Gasteiger partial charge in [0.2, 0.25) is 5.11 Å². The van der Waals surface area contributed by atoms with E-state index in [1.807, 2.05) is 0 Å². The number of thiocarbonyl (C=S) groups is 1. The van der Waals surface area contributed by atoms with Gasteiger partial charge in [-0.3, -0.25) is 25.8 Å². The summed E-state index contributed by atoms with van der Waals surface area (Å²) >= 11 is 10.8. The van der Waals surface area contributed by atoms with Gasteiger partial charge < -0.3 is 10.1 Å². The monoisotopic (exact) mass is 447 g/mol. The molecule has 3 aromatic rings. The van der Waals surface area contributed by atoms with Crippen LogP contribution in [0.5, 0.6) is 0 Å². The van der Waals surface area contributed by atoms with E-state index in [1.165, 1.54) is 24.3 Å². The molecule has 0 bridgehead atoms. The number of H-pyrrole nitrogens is 1. The second kappa shape index (κ2) is 8.92. The quantitative estimate of drug-likeness (QED) is 0.127. The lowest BCUT2D eigenvalue weighted by atomic mass is 10.0. The molecular formula is C17H14ClN7O4S. The van der Waals surface area contributed by atoms with Crippen molar-refractivity contribution >= 4 is 51.4 Å². The number of rotatable bonds is 5. The SMILES string of the molecule is NNC(=S)NN=C(c1nc2ccc(Cl)cc2[nH]c1=O)C(O)c1cccc([N+](=O)[O-])c1. The normalized spacial score (nSPS) is 12.4. The molecule has 154 valence electrons. The number of aromatic amines is 1. The summed E-state index contributed by atoms with van der Waals surface area (Å²) in [4.78, 5) is 30.0. The maximum absolute atomic E-state index is 12.6. The van der Waals surface area contributed by atoms with E-state index in [2.05, 4.69) is 25.9 Å². The van der Waals surface area contributed by atoms with Crippen LogP contribution < -0.4 is 22.3 Å². The maximum atomic E-state index is 12.6. The molecule has 0 saturated heterocycles. The second-order valence-corrected chi connectivity index (χ2v) is 6.76. The van der Waals surface area contributed by atoms with Crippen LogP contribution >= 0.6 is 23.8 Å².